The van der Waals surface area contributed by atoms with E-state index in [2.05, 4.69) is 25.5 Å². The number of likely N-dealkylation sites (tertiary alicyclic amines) is 1. The van der Waals surface area contributed by atoms with Gasteiger partial charge in [-0.15, -0.1) is 0 Å². The number of nitrogens with one attached hydrogen (secondary N) is 2. The van der Waals surface area contributed by atoms with Gasteiger partial charge in [0, 0.05) is 37.3 Å². The molecule has 0 saturated carbocycles. The molecular weight excluding hydrogens is 373 g/mol. The largest absolute Gasteiger partial charge is 0.490 e. The van der Waals surface area contributed by atoms with Gasteiger partial charge in [0.1, 0.15) is 0 Å². The Bertz CT molecular complexity index is 871. The van der Waals surface area contributed by atoms with Gasteiger partial charge in [-0.05, 0) is 45.3 Å². The third kappa shape index (κ3) is 4.53. The zero-order valence-corrected chi connectivity index (χ0v) is 17.1. The van der Waals surface area contributed by atoms with Crippen molar-refractivity contribution < 1.29 is 13.9 Å². The van der Waals surface area contributed by atoms with Crippen LogP contribution in [0.1, 0.15) is 30.5 Å². The molecule has 0 spiro atoms. The van der Waals surface area contributed by atoms with Crippen molar-refractivity contribution in [3.63, 3.8) is 0 Å². The van der Waals surface area contributed by atoms with Crippen LogP contribution in [0.4, 0.5) is 21.8 Å². The van der Waals surface area contributed by atoms with E-state index in [0.29, 0.717) is 19.2 Å². The fraction of sp³-hybridized carbons (Fsp3) is 0.524. The lowest BCUT2D eigenvalue weighted by Crippen LogP contribution is -2.21. The summed E-state index contributed by atoms with van der Waals surface area (Å²) < 4.78 is 25.8. The van der Waals surface area contributed by atoms with Gasteiger partial charge in [0.2, 0.25) is 5.95 Å². The van der Waals surface area contributed by atoms with Gasteiger partial charge in [0.05, 0.1) is 18.9 Å². The number of hydrogen-bond acceptors (Lipinski definition) is 7. The molecule has 1 aromatic carbocycles. The molecule has 0 aliphatic carbocycles. The number of hydrogen-bond donors (Lipinski definition) is 2. The first-order valence-corrected chi connectivity index (χ1v) is 10.3. The van der Waals surface area contributed by atoms with E-state index in [4.69, 9.17) is 9.47 Å². The number of fused-ring (bicyclic) bond motifs is 1. The summed E-state index contributed by atoms with van der Waals surface area (Å²) in [6, 6.07) is 3.92. The molecule has 4 rings (SSSR count). The van der Waals surface area contributed by atoms with Gasteiger partial charge in [-0.1, -0.05) is 0 Å². The van der Waals surface area contributed by atoms with Crippen molar-refractivity contribution in [2.45, 2.75) is 32.6 Å². The predicted molar refractivity (Wildman–Crippen MR) is 111 cm³/mol. The van der Waals surface area contributed by atoms with Gasteiger partial charge in [-0.25, -0.2) is 9.37 Å². The number of ether oxygens (including phenoxy) is 2. The van der Waals surface area contributed by atoms with E-state index in [-0.39, 0.29) is 11.5 Å². The maximum atomic E-state index is 14.0. The number of rotatable bonds is 8. The van der Waals surface area contributed by atoms with Crippen LogP contribution in [-0.2, 0) is 6.42 Å². The van der Waals surface area contributed by atoms with E-state index >= 15 is 0 Å². The fourth-order valence-electron chi connectivity index (χ4n) is 3.84. The molecule has 2 N–H and O–H groups in total. The van der Waals surface area contributed by atoms with E-state index in [1.165, 1.54) is 25.9 Å². The average Bonchev–Trinajstić information content (AvgIpc) is 3.39. The summed E-state index contributed by atoms with van der Waals surface area (Å²) in [4.78, 5) is 10.9. The molecule has 7 nitrogen and oxygen atoms in total. The smallest absolute Gasteiger partial charge is 0.229 e. The zero-order valence-electron chi connectivity index (χ0n) is 17.1. The van der Waals surface area contributed by atoms with Crippen LogP contribution in [0.3, 0.4) is 0 Å². The monoisotopic (exact) mass is 401 g/mol. The van der Waals surface area contributed by atoms with Crippen LogP contribution in [0.25, 0.3) is 0 Å². The first-order chi connectivity index (χ1) is 14.1. The average molecular weight is 401 g/mol. The second-order valence-electron chi connectivity index (χ2n) is 7.48. The van der Waals surface area contributed by atoms with Crippen molar-refractivity contribution in [2.24, 2.45) is 0 Å². The maximum absolute atomic E-state index is 14.0. The molecule has 2 aliphatic rings. The minimum Gasteiger partial charge on any atom is -0.490 e. The van der Waals surface area contributed by atoms with Crippen LogP contribution in [0, 0.1) is 12.7 Å². The highest BCUT2D eigenvalue weighted by atomic mass is 19.1. The molecule has 1 saturated heterocycles. The van der Waals surface area contributed by atoms with E-state index in [9.17, 15) is 4.39 Å². The van der Waals surface area contributed by atoms with Gasteiger partial charge < -0.3 is 25.0 Å². The minimum atomic E-state index is -0.442. The normalized spacial score (nSPS) is 15.8. The Labute approximate surface area is 170 Å². The number of aromatic nitrogens is 2. The van der Waals surface area contributed by atoms with Crippen molar-refractivity contribution in [1.29, 1.82) is 0 Å². The number of benzene rings is 1. The zero-order chi connectivity index (χ0) is 20.2. The Kier molecular flexibility index (Phi) is 5.99. The Balaban J connectivity index is 1.46. The van der Waals surface area contributed by atoms with Gasteiger partial charge in [0.15, 0.2) is 23.1 Å². The van der Waals surface area contributed by atoms with Gasteiger partial charge in [0.25, 0.3) is 0 Å². The van der Waals surface area contributed by atoms with Crippen molar-refractivity contribution in [1.82, 2.24) is 14.9 Å². The standard InChI is InChI=1S/C21H28FN5O2/c1-14-18(22)20(23-2)26-21(24-14)25-16-12-15-6-11-29-19(15)17(13-16)28-10-5-9-27-7-3-4-8-27/h12-13H,3-11H2,1-2H3,(H2,23,24,25,26). The first kappa shape index (κ1) is 19.7. The summed E-state index contributed by atoms with van der Waals surface area (Å²) >= 11 is 0. The second-order valence-corrected chi connectivity index (χ2v) is 7.48. The summed E-state index contributed by atoms with van der Waals surface area (Å²) in [6.45, 7) is 6.38. The van der Waals surface area contributed by atoms with Crippen LogP contribution in [-0.4, -0.2) is 54.8 Å². The highest BCUT2D eigenvalue weighted by Crippen LogP contribution is 2.39. The van der Waals surface area contributed by atoms with Crippen molar-refractivity contribution in [3.05, 3.63) is 29.2 Å². The third-order valence-corrected chi connectivity index (χ3v) is 5.33. The van der Waals surface area contributed by atoms with Crippen LogP contribution in [0.2, 0.25) is 0 Å². The molecule has 1 fully saturated rings. The second kappa shape index (κ2) is 8.82. The lowest BCUT2D eigenvalue weighted by Gasteiger charge is -2.16. The summed E-state index contributed by atoms with van der Waals surface area (Å²) in [5, 5.41) is 5.94. The maximum Gasteiger partial charge on any atom is 0.229 e. The Morgan fingerprint density at radius 1 is 1.24 bits per heavy atom. The van der Waals surface area contributed by atoms with Crippen molar-refractivity contribution in [2.75, 3.05) is 50.5 Å². The minimum absolute atomic E-state index is 0.169. The molecule has 0 bridgehead atoms. The van der Waals surface area contributed by atoms with Crippen LogP contribution in [0.5, 0.6) is 11.5 Å². The molecular formula is C21H28FN5O2. The molecule has 1 aromatic heterocycles. The van der Waals surface area contributed by atoms with Crippen LogP contribution < -0.4 is 20.1 Å². The molecule has 2 aliphatic heterocycles. The Morgan fingerprint density at radius 2 is 2.07 bits per heavy atom. The van der Waals surface area contributed by atoms with E-state index in [0.717, 1.165) is 42.1 Å². The molecule has 29 heavy (non-hydrogen) atoms. The Hall–Kier alpha value is -2.61. The molecule has 0 unspecified atom stereocenters. The molecule has 8 heteroatoms. The lowest BCUT2D eigenvalue weighted by molar-refractivity contribution is 0.251. The fourth-order valence-corrected chi connectivity index (χ4v) is 3.84. The molecule has 0 radical (unpaired) electrons. The molecule has 2 aromatic rings. The Morgan fingerprint density at radius 3 is 2.86 bits per heavy atom. The number of halogens is 1. The topological polar surface area (TPSA) is 71.5 Å². The molecule has 3 heterocycles. The number of anilines is 3. The number of aryl methyl sites for hydroxylation is 1. The summed E-state index contributed by atoms with van der Waals surface area (Å²) in [6.07, 6.45) is 4.42. The van der Waals surface area contributed by atoms with E-state index in [1.807, 2.05) is 12.1 Å². The summed E-state index contributed by atoms with van der Waals surface area (Å²) in [5.74, 6) is 1.62. The molecule has 156 valence electrons. The van der Waals surface area contributed by atoms with E-state index < -0.39 is 5.82 Å². The van der Waals surface area contributed by atoms with E-state index in [1.54, 1.807) is 14.0 Å². The van der Waals surface area contributed by atoms with Crippen LogP contribution >= 0.6 is 0 Å². The summed E-state index contributed by atoms with van der Waals surface area (Å²) in [5.41, 5.74) is 2.18. The van der Waals surface area contributed by atoms with Gasteiger partial charge in [-0.3, -0.25) is 0 Å². The third-order valence-electron chi connectivity index (χ3n) is 5.33. The van der Waals surface area contributed by atoms with Crippen LogP contribution in [0.15, 0.2) is 12.1 Å². The van der Waals surface area contributed by atoms with Gasteiger partial charge in [-0.2, -0.15) is 4.98 Å². The lowest BCUT2D eigenvalue weighted by atomic mass is 10.1. The SMILES string of the molecule is CNc1nc(Nc2cc3c(c(OCCCN4CCCC4)c2)OCC3)nc(C)c1F. The van der Waals surface area contributed by atoms with Crippen molar-refractivity contribution in [3.8, 4) is 11.5 Å². The predicted octanol–water partition coefficient (Wildman–Crippen LogP) is 3.51. The first-order valence-electron chi connectivity index (χ1n) is 10.3. The quantitative estimate of drug-likeness (QED) is 0.656. The summed E-state index contributed by atoms with van der Waals surface area (Å²) in [7, 11) is 1.63. The molecule has 0 amide bonds. The van der Waals surface area contributed by atoms with Gasteiger partial charge >= 0.3 is 0 Å². The highest BCUT2D eigenvalue weighted by Gasteiger charge is 2.20. The van der Waals surface area contributed by atoms with Crippen molar-refractivity contribution >= 4 is 17.5 Å². The highest BCUT2D eigenvalue weighted by molar-refractivity contribution is 5.64. The number of nitrogens with zero attached hydrogens (tertiary/aromatic N) is 3. The molecule has 0 atom stereocenters.